The molecule has 0 saturated heterocycles. The van der Waals surface area contributed by atoms with Crippen molar-refractivity contribution in [2.24, 2.45) is 0 Å². The minimum absolute atomic E-state index is 0.0771. The van der Waals surface area contributed by atoms with Crippen LogP contribution in [0.15, 0.2) is 59.8 Å². The Morgan fingerprint density at radius 1 is 1.20 bits per heavy atom. The second-order valence-electron chi connectivity index (χ2n) is 6.30. The fourth-order valence-electron chi connectivity index (χ4n) is 2.61. The smallest absolute Gasteiger partial charge is 0.232 e. The van der Waals surface area contributed by atoms with Gasteiger partial charge < -0.3 is 9.64 Å². The van der Waals surface area contributed by atoms with Crippen LogP contribution in [0.3, 0.4) is 0 Å². The van der Waals surface area contributed by atoms with E-state index in [1.807, 2.05) is 53.1 Å². The van der Waals surface area contributed by atoms with Gasteiger partial charge in [-0.25, -0.2) is 0 Å². The molecule has 7 nitrogen and oxygen atoms in total. The Kier molecular flexibility index (Phi) is 7.71. The van der Waals surface area contributed by atoms with Crippen LogP contribution in [-0.4, -0.2) is 44.9 Å². The fourth-order valence-corrected chi connectivity index (χ4v) is 3.71. The summed E-state index contributed by atoms with van der Waals surface area (Å²) in [6, 6.07) is 18.9. The molecule has 0 N–H and O–H groups in total. The molecule has 1 amide bonds. The van der Waals surface area contributed by atoms with Gasteiger partial charge in [-0.05, 0) is 24.3 Å². The summed E-state index contributed by atoms with van der Waals surface area (Å²) < 4.78 is 7.70. The number of ether oxygens (including phenoxy) is 1. The number of nitrogens with zero attached hydrogens (tertiary/aromatic N) is 5. The summed E-state index contributed by atoms with van der Waals surface area (Å²) in [6.07, 6.45) is 0.302. The number of carbonyl (C=O) groups excluding carboxylic acids is 1. The van der Waals surface area contributed by atoms with Crippen molar-refractivity contribution in [2.45, 2.75) is 18.2 Å². The molecule has 0 aliphatic carbocycles. The largest absolute Gasteiger partial charge is 0.484 e. The van der Waals surface area contributed by atoms with E-state index in [0.717, 1.165) is 5.69 Å². The van der Waals surface area contributed by atoms with Gasteiger partial charge >= 0.3 is 0 Å². The lowest BCUT2D eigenvalue weighted by atomic mass is 10.3. The number of hydrogen-bond acceptors (Lipinski definition) is 6. The van der Waals surface area contributed by atoms with Gasteiger partial charge in [-0.2, -0.15) is 5.26 Å². The molecule has 0 atom stereocenters. The summed E-state index contributed by atoms with van der Waals surface area (Å²) in [5.41, 5.74) is 0.869. The molecule has 2 aromatic carbocycles. The average Bonchev–Trinajstić information content (AvgIpc) is 3.18. The first-order valence-corrected chi connectivity index (χ1v) is 10.6. The fraction of sp³-hybridized carbons (Fsp3) is 0.238. The topological polar surface area (TPSA) is 84.0 Å². The lowest BCUT2D eigenvalue weighted by Gasteiger charge is -2.15. The van der Waals surface area contributed by atoms with Crippen molar-refractivity contribution >= 4 is 29.3 Å². The Bertz CT molecular complexity index is 1040. The monoisotopic (exact) mass is 441 g/mol. The number of aromatic nitrogens is 3. The minimum atomic E-state index is -0.0771. The van der Waals surface area contributed by atoms with Crippen molar-refractivity contribution < 1.29 is 9.53 Å². The van der Waals surface area contributed by atoms with Crippen molar-refractivity contribution in [3.8, 4) is 17.5 Å². The van der Waals surface area contributed by atoms with Crippen LogP contribution in [0.5, 0.6) is 5.75 Å². The number of thioether (sulfide) groups is 1. The maximum Gasteiger partial charge on any atom is 0.232 e. The summed E-state index contributed by atoms with van der Waals surface area (Å²) in [7, 11) is 1.69. The number of benzene rings is 2. The normalized spacial score (nSPS) is 10.4. The highest BCUT2D eigenvalue weighted by molar-refractivity contribution is 7.99. The number of hydrogen-bond donors (Lipinski definition) is 0. The standard InChI is InChI=1S/C21H20ClN5O2S/c1-26(13-7-12-23)20(28)15-30-21-25-24-19(27(21)16-8-3-2-4-9-16)14-29-18-11-6-5-10-17(18)22/h2-6,8-11H,7,13-15H2,1H3. The molecular weight excluding hydrogens is 422 g/mol. The van der Waals surface area contributed by atoms with Gasteiger partial charge in [0.1, 0.15) is 12.4 Å². The van der Waals surface area contributed by atoms with Crippen LogP contribution in [0, 0.1) is 11.3 Å². The predicted molar refractivity (Wildman–Crippen MR) is 116 cm³/mol. The van der Waals surface area contributed by atoms with E-state index < -0.39 is 0 Å². The van der Waals surface area contributed by atoms with Crippen molar-refractivity contribution in [1.82, 2.24) is 19.7 Å². The van der Waals surface area contributed by atoms with Gasteiger partial charge in [0.15, 0.2) is 11.0 Å². The number of para-hydroxylation sites is 2. The Labute approximate surface area is 184 Å². The van der Waals surface area contributed by atoms with Gasteiger partial charge in [0, 0.05) is 19.3 Å². The maximum atomic E-state index is 12.3. The summed E-state index contributed by atoms with van der Waals surface area (Å²) in [4.78, 5) is 13.9. The van der Waals surface area contributed by atoms with E-state index in [0.29, 0.717) is 34.7 Å². The lowest BCUT2D eigenvalue weighted by Crippen LogP contribution is -2.29. The number of nitriles is 1. The molecule has 0 fully saturated rings. The molecular formula is C21H20ClN5O2S. The first kappa shape index (κ1) is 21.7. The molecule has 0 bridgehead atoms. The quantitative estimate of drug-likeness (QED) is 0.467. The SMILES string of the molecule is CN(CCC#N)C(=O)CSc1nnc(COc2ccccc2Cl)n1-c1ccccc1. The summed E-state index contributed by atoms with van der Waals surface area (Å²) in [5, 5.41) is 18.3. The van der Waals surface area contributed by atoms with Crippen molar-refractivity contribution in [3.63, 3.8) is 0 Å². The van der Waals surface area contributed by atoms with Crippen LogP contribution in [-0.2, 0) is 11.4 Å². The van der Waals surface area contributed by atoms with E-state index in [2.05, 4.69) is 10.2 Å². The number of amides is 1. The third-order valence-electron chi connectivity index (χ3n) is 4.22. The van der Waals surface area contributed by atoms with Gasteiger partial charge in [-0.1, -0.05) is 53.7 Å². The van der Waals surface area contributed by atoms with Crippen LogP contribution in [0.2, 0.25) is 5.02 Å². The Morgan fingerprint density at radius 3 is 2.67 bits per heavy atom. The summed E-state index contributed by atoms with van der Waals surface area (Å²) in [6.45, 7) is 0.570. The minimum Gasteiger partial charge on any atom is -0.484 e. The van der Waals surface area contributed by atoms with Crippen LogP contribution in [0.4, 0.5) is 0 Å². The van der Waals surface area contributed by atoms with E-state index in [1.165, 1.54) is 11.8 Å². The van der Waals surface area contributed by atoms with E-state index >= 15 is 0 Å². The van der Waals surface area contributed by atoms with Crippen LogP contribution in [0.25, 0.3) is 5.69 Å². The average molecular weight is 442 g/mol. The number of rotatable bonds is 9. The van der Waals surface area contributed by atoms with Gasteiger partial charge in [0.05, 0.1) is 23.3 Å². The first-order chi connectivity index (χ1) is 14.6. The number of halogens is 1. The van der Waals surface area contributed by atoms with Crippen LogP contribution < -0.4 is 4.74 Å². The highest BCUT2D eigenvalue weighted by Crippen LogP contribution is 2.26. The van der Waals surface area contributed by atoms with E-state index in [1.54, 1.807) is 24.1 Å². The highest BCUT2D eigenvalue weighted by Gasteiger charge is 2.18. The molecule has 0 saturated carbocycles. The summed E-state index contributed by atoms with van der Waals surface area (Å²) >= 11 is 7.46. The molecule has 154 valence electrons. The number of carbonyl (C=O) groups is 1. The molecule has 9 heteroatoms. The zero-order valence-corrected chi connectivity index (χ0v) is 17.9. The van der Waals surface area contributed by atoms with Crippen LogP contribution >= 0.6 is 23.4 Å². The first-order valence-electron chi connectivity index (χ1n) is 9.21. The third kappa shape index (κ3) is 5.53. The highest BCUT2D eigenvalue weighted by atomic mass is 35.5. The lowest BCUT2D eigenvalue weighted by molar-refractivity contribution is -0.127. The Balaban J connectivity index is 1.78. The molecule has 3 aromatic rings. The van der Waals surface area contributed by atoms with Gasteiger partial charge in [0.25, 0.3) is 0 Å². The molecule has 0 unspecified atom stereocenters. The molecule has 1 aromatic heterocycles. The molecule has 1 heterocycles. The van der Waals surface area contributed by atoms with Gasteiger partial charge in [-0.3, -0.25) is 9.36 Å². The zero-order chi connectivity index (χ0) is 21.3. The molecule has 3 rings (SSSR count). The second kappa shape index (κ2) is 10.7. The molecule has 0 radical (unpaired) electrons. The van der Waals surface area contributed by atoms with E-state index in [4.69, 9.17) is 21.6 Å². The molecule has 0 spiro atoms. The van der Waals surface area contributed by atoms with E-state index in [9.17, 15) is 4.79 Å². The second-order valence-corrected chi connectivity index (χ2v) is 7.65. The van der Waals surface area contributed by atoms with E-state index in [-0.39, 0.29) is 18.3 Å². The van der Waals surface area contributed by atoms with Gasteiger partial charge in [0.2, 0.25) is 5.91 Å². The third-order valence-corrected chi connectivity index (χ3v) is 5.44. The van der Waals surface area contributed by atoms with Crippen molar-refractivity contribution in [2.75, 3.05) is 19.3 Å². The Morgan fingerprint density at radius 2 is 1.93 bits per heavy atom. The maximum absolute atomic E-state index is 12.3. The van der Waals surface area contributed by atoms with Crippen molar-refractivity contribution in [3.05, 3.63) is 65.4 Å². The van der Waals surface area contributed by atoms with Crippen molar-refractivity contribution in [1.29, 1.82) is 5.26 Å². The molecule has 0 aliphatic heterocycles. The molecule has 0 aliphatic rings. The predicted octanol–water partition coefficient (Wildman–Crippen LogP) is 3.96. The Hall–Kier alpha value is -3.02. The van der Waals surface area contributed by atoms with Crippen LogP contribution in [0.1, 0.15) is 12.2 Å². The molecule has 30 heavy (non-hydrogen) atoms. The van der Waals surface area contributed by atoms with Gasteiger partial charge in [-0.15, -0.1) is 10.2 Å². The zero-order valence-electron chi connectivity index (χ0n) is 16.4. The summed E-state index contributed by atoms with van der Waals surface area (Å²) in [5.74, 6) is 1.27.